The van der Waals surface area contributed by atoms with Gasteiger partial charge in [-0.1, -0.05) is 0 Å². The maximum atomic E-state index is 12.9. The average Bonchev–Trinajstić information content (AvgIpc) is 2.61. The van der Waals surface area contributed by atoms with Crippen molar-refractivity contribution in [2.75, 3.05) is 31.9 Å². The first-order chi connectivity index (χ1) is 13.5. The van der Waals surface area contributed by atoms with Crippen LogP contribution < -0.4 is 10.0 Å². The summed E-state index contributed by atoms with van der Waals surface area (Å²) in [4.78, 5) is 11.7. The molecule has 1 amide bonds. The molecule has 164 valence electrons. The summed E-state index contributed by atoms with van der Waals surface area (Å²) in [5.41, 5.74) is 0. The van der Waals surface area contributed by atoms with Crippen LogP contribution in [0.4, 0.5) is 4.39 Å². The van der Waals surface area contributed by atoms with Crippen LogP contribution in [0.1, 0.15) is 20.3 Å². The highest BCUT2D eigenvalue weighted by Gasteiger charge is 2.30. The van der Waals surface area contributed by atoms with Gasteiger partial charge in [-0.15, -0.1) is 0 Å². The van der Waals surface area contributed by atoms with Gasteiger partial charge in [0, 0.05) is 32.6 Å². The standard InChI is InChI=1S/C17H26FN3O6S2/c1-13-11-21(12-14(2)27-13)28(23,24)10-9-19-17(22)7-8-20-29(25,26)16-5-3-15(18)4-6-16/h3-6,13-14,20H,7-12H2,1-2H3,(H,19,22). The van der Waals surface area contributed by atoms with Crippen molar-refractivity contribution in [1.82, 2.24) is 14.3 Å². The molecule has 12 heteroatoms. The number of nitrogens with zero attached hydrogens (tertiary/aromatic N) is 1. The molecule has 1 heterocycles. The number of benzene rings is 1. The van der Waals surface area contributed by atoms with Crippen molar-refractivity contribution >= 4 is 26.0 Å². The number of hydrogen-bond acceptors (Lipinski definition) is 6. The molecule has 1 aliphatic heterocycles. The third-order valence-electron chi connectivity index (χ3n) is 4.23. The van der Waals surface area contributed by atoms with Crippen LogP contribution in [0.3, 0.4) is 0 Å². The van der Waals surface area contributed by atoms with Gasteiger partial charge >= 0.3 is 0 Å². The Balaban J connectivity index is 1.73. The number of hydrogen-bond donors (Lipinski definition) is 2. The Morgan fingerprint density at radius 2 is 1.69 bits per heavy atom. The Labute approximate surface area is 170 Å². The molecule has 0 bridgehead atoms. The molecule has 1 saturated heterocycles. The van der Waals surface area contributed by atoms with E-state index in [-0.39, 0.29) is 55.5 Å². The third-order valence-corrected chi connectivity index (χ3v) is 7.51. The minimum absolute atomic E-state index is 0.0774. The highest BCUT2D eigenvalue weighted by atomic mass is 32.2. The quantitative estimate of drug-likeness (QED) is 0.547. The van der Waals surface area contributed by atoms with Gasteiger partial charge in [-0.05, 0) is 38.1 Å². The van der Waals surface area contributed by atoms with Crippen LogP contribution in [0.2, 0.25) is 0 Å². The molecule has 1 fully saturated rings. The molecule has 0 aliphatic carbocycles. The zero-order chi connectivity index (χ0) is 21.7. The summed E-state index contributed by atoms with van der Waals surface area (Å²) in [5.74, 6) is -1.29. The molecule has 2 N–H and O–H groups in total. The molecule has 29 heavy (non-hydrogen) atoms. The summed E-state index contributed by atoms with van der Waals surface area (Å²) >= 11 is 0. The van der Waals surface area contributed by atoms with Crippen molar-refractivity contribution in [3.8, 4) is 0 Å². The van der Waals surface area contributed by atoms with Crippen LogP contribution in [0.25, 0.3) is 0 Å². The second kappa shape index (κ2) is 9.94. The van der Waals surface area contributed by atoms with Crippen LogP contribution in [0.15, 0.2) is 29.2 Å². The fourth-order valence-corrected chi connectivity index (χ4v) is 5.41. The first kappa shape index (κ1) is 23.7. The number of ether oxygens (including phenoxy) is 1. The summed E-state index contributed by atoms with van der Waals surface area (Å²) < 4.78 is 70.8. The van der Waals surface area contributed by atoms with Crippen LogP contribution in [-0.4, -0.2) is 71.2 Å². The Morgan fingerprint density at radius 1 is 1.10 bits per heavy atom. The molecular formula is C17H26FN3O6S2. The van der Waals surface area contributed by atoms with Gasteiger partial charge in [0.2, 0.25) is 26.0 Å². The van der Waals surface area contributed by atoms with E-state index >= 15 is 0 Å². The van der Waals surface area contributed by atoms with Crippen molar-refractivity contribution in [3.05, 3.63) is 30.1 Å². The molecule has 0 radical (unpaired) electrons. The maximum Gasteiger partial charge on any atom is 0.240 e. The van der Waals surface area contributed by atoms with E-state index in [0.717, 1.165) is 24.3 Å². The van der Waals surface area contributed by atoms with Crippen molar-refractivity contribution < 1.29 is 30.8 Å². The number of carbonyl (C=O) groups is 1. The number of nitrogens with one attached hydrogen (secondary N) is 2. The van der Waals surface area contributed by atoms with Crippen LogP contribution in [0, 0.1) is 5.82 Å². The fraction of sp³-hybridized carbons (Fsp3) is 0.588. The Bertz CT molecular complexity index is 896. The van der Waals surface area contributed by atoms with Gasteiger partial charge in [0.15, 0.2) is 0 Å². The van der Waals surface area contributed by atoms with Crippen LogP contribution in [-0.2, 0) is 29.6 Å². The van der Waals surface area contributed by atoms with Gasteiger partial charge in [0.1, 0.15) is 5.82 Å². The third kappa shape index (κ3) is 7.30. The van der Waals surface area contributed by atoms with Crippen molar-refractivity contribution in [2.24, 2.45) is 0 Å². The molecule has 1 aliphatic rings. The zero-order valence-electron chi connectivity index (χ0n) is 16.3. The smallest absolute Gasteiger partial charge is 0.240 e. The predicted molar refractivity (Wildman–Crippen MR) is 105 cm³/mol. The van der Waals surface area contributed by atoms with Crippen LogP contribution >= 0.6 is 0 Å². The fourth-order valence-electron chi connectivity index (χ4n) is 2.89. The summed E-state index contributed by atoms with van der Waals surface area (Å²) in [6, 6.07) is 4.29. The molecule has 1 aromatic carbocycles. The normalized spacial score (nSPS) is 21.1. The SMILES string of the molecule is CC1CN(S(=O)(=O)CCNC(=O)CCNS(=O)(=O)c2ccc(F)cc2)CC(C)O1. The first-order valence-corrected chi connectivity index (χ1v) is 12.2. The highest BCUT2D eigenvalue weighted by Crippen LogP contribution is 2.14. The van der Waals surface area contributed by atoms with Crippen molar-refractivity contribution in [1.29, 1.82) is 0 Å². The topological polar surface area (TPSA) is 122 Å². The van der Waals surface area contributed by atoms with E-state index in [1.807, 2.05) is 0 Å². The van der Waals surface area contributed by atoms with E-state index in [9.17, 15) is 26.0 Å². The lowest BCUT2D eigenvalue weighted by atomic mass is 10.3. The lowest BCUT2D eigenvalue weighted by Gasteiger charge is -2.34. The molecule has 2 unspecified atom stereocenters. The van der Waals surface area contributed by atoms with E-state index in [2.05, 4.69) is 10.0 Å². The van der Waals surface area contributed by atoms with E-state index in [1.165, 1.54) is 4.31 Å². The lowest BCUT2D eigenvalue weighted by molar-refractivity contribution is -0.120. The number of amides is 1. The molecule has 2 atom stereocenters. The Kier molecular flexibility index (Phi) is 8.11. The number of rotatable bonds is 9. The molecule has 9 nitrogen and oxygen atoms in total. The lowest BCUT2D eigenvalue weighted by Crippen LogP contribution is -2.49. The molecule has 2 rings (SSSR count). The second-order valence-electron chi connectivity index (χ2n) is 6.84. The zero-order valence-corrected chi connectivity index (χ0v) is 17.9. The van der Waals surface area contributed by atoms with Gasteiger partial charge in [-0.25, -0.2) is 25.9 Å². The molecule has 0 aromatic heterocycles. The van der Waals surface area contributed by atoms with E-state index in [4.69, 9.17) is 4.74 Å². The molecule has 0 saturated carbocycles. The molecule has 0 spiro atoms. The van der Waals surface area contributed by atoms with E-state index in [0.29, 0.717) is 0 Å². The number of halogens is 1. The van der Waals surface area contributed by atoms with Crippen LogP contribution in [0.5, 0.6) is 0 Å². The minimum atomic E-state index is -3.85. The number of carbonyl (C=O) groups excluding carboxylic acids is 1. The summed E-state index contributed by atoms with van der Waals surface area (Å²) in [6.45, 7) is 3.89. The monoisotopic (exact) mass is 451 g/mol. The highest BCUT2D eigenvalue weighted by molar-refractivity contribution is 7.89. The minimum Gasteiger partial charge on any atom is -0.373 e. The van der Waals surface area contributed by atoms with E-state index in [1.54, 1.807) is 13.8 Å². The Hall–Kier alpha value is -1.60. The average molecular weight is 452 g/mol. The summed E-state index contributed by atoms with van der Waals surface area (Å²) in [7, 11) is -7.38. The summed E-state index contributed by atoms with van der Waals surface area (Å²) in [6.07, 6.45) is -0.555. The first-order valence-electron chi connectivity index (χ1n) is 9.15. The number of morpholine rings is 1. The maximum absolute atomic E-state index is 12.9. The van der Waals surface area contributed by atoms with Crippen molar-refractivity contribution in [2.45, 2.75) is 37.4 Å². The van der Waals surface area contributed by atoms with Gasteiger partial charge in [-0.2, -0.15) is 4.31 Å². The second-order valence-corrected chi connectivity index (χ2v) is 10.7. The van der Waals surface area contributed by atoms with E-state index < -0.39 is 31.8 Å². The van der Waals surface area contributed by atoms with Gasteiger partial charge in [-0.3, -0.25) is 4.79 Å². The number of sulfonamides is 2. The molecule has 1 aromatic rings. The van der Waals surface area contributed by atoms with Gasteiger partial charge < -0.3 is 10.1 Å². The molecular weight excluding hydrogens is 425 g/mol. The van der Waals surface area contributed by atoms with Gasteiger partial charge in [0.25, 0.3) is 0 Å². The summed E-state index contributed by atoms with van der Waals surface area (Å²) in [5, 5.41) is 2.47. The van der Waals surface area contributed by atoms with Gasteiger partial charge in [0.05, 0.1) is 22.9 Å². The predicted octanol–water partition coefficient (Wildman–Crippen LogP) is 0.0493. The van der Waals surface area contributed by atoms with Crippen molar-refractivity contribution in [3.63, 3.8) is 0 Å². The Morgan fingerprint density at radius 3 is 2.28 bits per heavy atom. The largest absolute Gasteiger partial charge is 0.373 e.